The second-order valence-electron chi connectivity index (χ2n) is 11.0. The predicted molar refractivity (Wildman–Crippen MR) is 154 cm³/mol. The molecule has 0 radical (unpaired) electrons. The molecule has 1 aliphatic carbocycles. The van der Waals surface area contributed by atoms with Crippen molar-refractivity contribution in [2.75, 3.05) is 26.3 Å². The summed E-state index contributed by atoms with van der Waals surface area (Å²) in [5.41, 5.74) is 8.32. The van der Waals surface area contributed by atoms with Crippen molar-refractivity contribution >= 4 is 27.7 Å². The molecule has 3 aromatic heterocycles. The first-order chi connectivity index (χ1) is 19.5. The summed E-state index contributed by atoms with van der Waals surface area (Å²) in [7, 11) is 0. The van der Waals surface area contributed by atoms with E-state index >= 15 is 0 Å². The molecule has 204 valence electrons. The minimum Gasteiger partial charge on any atom is -0.379 e. The van der Waals surface area contributed by atoms with E-state index in [1.54, 1.807) is 6.20 Å². The third-order valence-corrected chi connectivity index (χ3v) is 8.42. The van der Waals surface area contributed by atoms with Crippen LogP contribution in [0.3, 0.4) is 0 Å². The molecule has 0 saturated carbocycles. The molecule has 3 N–H and O–H groups in total. The first-order valence-electron chi connectivity index (χ1n) is 14.1. The third kappa shape index (κ3) is 4.45. The summed E-state index contributed by atoms with van der Waals surface area (Å²) in [6.07, 6.45) is 6.76. The Kier molecular flexibility index (Phi) is 6.32. The second-order valence-corrected chi connectivity index (χ2v) is 11.0. The lowest BCUT2D eigenvalue weighted by Crippen LogP contribution is -2.46. The van der Waals surface area contributed by atoms with Crippen LogP contribution in [0.2, 0.25) is 0 Å². The van der Waals surface area contributed by atoms with E-state index in [2.05, 4.69) is 42.5 Å². The van der Waals surface area contributed by atoms with Crippen LogP contribution in [0.1, 0.15) is 52.4 Å². The summed E-state index contributed by atoms with van der Waals surface area (Å²) in [6.45, 7) is 7.42. The Morgan fingerprint density at radius 2 is 1.93 bits per heavy atom. The summed E-state index contributed by atoms with van der Waals surface area (Å²) in [5.74, 6) is 0.618. The lowest BCUT2D eigenvalue weighted by molar-refractivity contribution is 0.0138. The predicted octanol–water partition coefficient (Wildman–Crippen LogP) is 4.49. The topological polar surface area (TPSA) is 112 Å². The fourth-order valence-corrected chi connectivity index (χ4v) is 6.32. The smallest absolute Gasteiger partial charge is 0.251 e. The Labute approximate surface area is 232 Å². The molecule has 2 atom stereocenters. The number of aromatic amines is 2. The van der Waals surface area contributed by atoms with Gasteiger partial charge in [0.15, 0.2) is 0 Å². The number of benzene rings is 2. The molecule has 9 nitrogen and oxygen atoms in total. The average molecular weight is 536 g/mol. The number of carbonyl (C=O) groups excluding carboxylic acids is 1. The highest BCUT2D eigenvalue weighted by atomic mass is 16.5. The maximum Gasteiger partial charge on any atom is 0.251 e. The number of nitrogens with zero attached hydrogens (tertiary/aromatic N) is 4. The Morgan fingerprint density at radius 1 is 1.10 bits per heavy atom. The molecule has 2 aromatic carbocycles. The van der Waals surface area contributed by atoms with Crippen LogP contribution >= 0.6 is 0 Å². The largest absolute Gasteiger partial charge is 0.379 e. The van der Waals surface area contributed by atoms with Crippen molar-refractivity contribution in [2.45, 2.75) is 45.2 Å². The van der Waals surface area contributed by atoms with Crippen molar-refractivity contribution in [3.05, 3.63) is 77.0 Å². The molecule has 0 bridgehead atoms. The van der Waals surface area contributed by atoms with Gasteiger partial charge in [0.2, 0.25) is 0 Å². The average Bonchev–Trinajstić information content (AvgIpc) is 3.66. The molecule has 1 aliphatic heterocycles. The van der Waals surface area contributed by atoms with E-state index < -0.39 is 0 Å². The molecular formula is C31H33N7O2. The van der Waals surface area contributed by atoms with Gasteiger partial charge in [0.05, 0.1) is 42.2 Å². The number of imidazole rings is 1. The van der Waals surface area contributed by atoms with Crippen LogP contribution in [0.15, 0.2) is 48.8 Å². The Morgan fingerprint density at radius 3 is 2.70 bits per heavy atom. The maximum absolute atomic E-state index is 13.0. The number of rotatable bonds is 5. The molecule has 7 rings (SSSR count). The van der Waals surface area contributed by atoms with Crippen molar-refractivity contribution in [3.8, 4) is 11.3 Å². The van der Waals surface area contributed by atoms with Gasteiger partial charge < -0.3 is 15.0 Å². The van der Waals surface area contributed by atoms with Crippen molar-refractivity contribution in [2.24, 2.45) is 0 Å². The number of aromatic nitrogens is 5. The molecule has 40 heavy (non-hydrogen) atoms. The number of amides is 1. The quantitative estimate of drug-likeness (QED) is 0.306. The number of carbonyl (C=O) groups is 1. The lowest BCUT2D eigenvalue weighted by atomic mass is 9.82. The molecule has 1 fully saturated rings. The van der Waals surface area contributed by atoms with Crippen LogP contribution < -0.4 is 5.32 Å². The number of H-pyrrole nitrogens is 2. The lowest BCUT2D eigenvalue weighted by Gasteiger charge is -2.38. The van der Waals surface area contributed by atoms with E-state index in [1.165, 1.54) is 16.5 Å². The van der Waals surface area contributed by atoms with E-state index in [9.17, 15) is 4.79 Å². The van der Waals surface area contributed by atoms with Crippen LogP contribution in [0.5, 0.6) is 0 Å². The van der Waals surface area contributed by atoms with Gasteiger partial charge in [-0.05, 0) is 68.5 Å². The van der Waals surface area contributed by atoms with Gasteiger partial charge in [-0.1, -0.05) is 12.1 Å². The van der Waals surface area contributed by atoms with Gasteiger partial charge in [-0.2, -0.15) is 5.10 Å². The zero-order valence-electron chi connectivity index (χ0n) is 22.8. The van der Waals surface area contributed by atoms with Crippen molar-refractivity contribution < 1.29 is 9.53 Å². The first-order valence-corrected chi connectivity index (χ1v) is 14.1. The molecule has 5 aromatic rings. The fraction of sp³-hybridized carbons (Fsp3) is 0.355. The molecule has 4 heterocycles. The minimum atomic E-state index is -0.216. The summed E-state index contributed by atoms with van der Waals surface area (Å²) in [4.78, 5) is 28.4. The van der Waals surface area contributed by atoms with Crippen molar-refractivity contribution in [3.63, 3.8) is 0 Å². The zero-order valence-corrected chi connectivity index (χ0v) is 22.8. The summed E-state index contributed by atoms with van der Waals surface area (Å²) in [5, 5.41) is 12.8. The number of aryl methyl sites for hydroxylation is 2. The highest BCUT2D eigenvalue weighted by Gasteiger charge is 2.30. The monoisotopic (exact) mass is 535 g/mol. The first kappa shape index (κ1) is 24.9. The van der Waals surface area contributed by atoms with Crippen LogP contribution in [-0.4, -0.2) is 68.3 Å². The number of morpholine rings is 1. The molecular weight excluding hydrogens is 502 g/mol. The van der Waals surface area contributed by atoms with E-state index in [-0.39, 0.29) is 11.9 Å². The number of pyridine rings is 1. The van der Waals surface area contributed by atoms with Crippen LogP contribution in [-0.2, 0) is 17.6 Å². The normalized spacial score (nSPS) is 18.6. The summed E-state index contributed by atoms with van der Waals surface area (Å²) >= 11 is 0. The number of fused-ring (bicyclic) bond motifs is 5. The maximum atomic E-state index is 13.0. The van der Waals surface area contributed by atoms with Gasteiger partial charge in [-0.15, -0.1) is 0 Å². The van der Waals surface area contributed by atoms with Gasteiger partial charge in [-0.3, -0.25) is 14.8 Å². The number of hydrogen-bond acceptors (Lipinski definition) is 6. The van der Waals surface area contributed by atoms with Gasteiger partial charge in [0, 0.05) is 52.9 Å². The van der Waals surface area contributed by atoms with Gasteiger partial charge in [0.25, 0.3) is 5.91 Å². The summed E-state index contributed by atoms with van der Waals surface area (Å²) in [6, 6.07) is 12.2. The highest BCUT2D eigenvalue weighted by Crippen LogP contribution is 2.39. The molecule has 2 aliphatic rings. The molecule has 9 heteroatoms. The molecule has 0 spiro atoms. The van der Waals surface area contributed by atoms with E-state index in [0.717, 1.165) is 84.8 Å². The zero-order chi connectivity index (χ0) is 27.2. The highest BCUT2D eigenvalue weighted by molar-refractivity contribution is 6.07. The molecule has 1 amide bonds. The van der Waals surface area contributed by atoms with E-state index in [0.29, 0.717) is 11.6 Å². The third-order valence-electron chi connectivity index (χ3n) is 8.42. The fourth-order valence-electron chi connectivity index (χ4n) is 6.32. The van der Waals surface area contributed by atoms with Gasteiger partial charge in [-0.25, -0.2) is 9.97 Å². The Hall–Kier alpha value is -4.08. The molecule has 1 saturated heterocycles. The Balaban J connectivity index is 1.24. The minimum absolute atomic E-state index is 0.128. The van der Waals surface area contributed by atoms with Crippen LogP contribution in [0.25, 0.3) is 33.1 Å². The van der Waals surface area contributed by atoms with Crippen LogP contribution in [0.4, 0.5) is 0 Å². The summed E-state index contributed by atoms with van der Waals surface area (Å²) < 4.78 is 5.63. The Bertz CT molecular complexity index is 1700. The van der Waals surface area contributed by atoms with Crippen LogP contribution in [0, 0.1) is 6.92 Å². The van der Waals surface area contributed by atoms with E-state index in [1.807, 2.05) is 44.3 Å². The van der Waals surface area contributed by atoms with Gasteiger partial charge >= 0.3 is 0 Å². The SMILES string of the molecule is Cc1cnc(C(C)NC(=O)c2ccc(-c3nc4ccc5[nH]ncc5c4c4c3CC(N3CCOCC3)CC4)cc2)[nH]1. The standard InChI is InChI=1S/C31H33N7O2/c1-18-16-32-30(34-18)19(2)35-31(39)21-5-3-20(4-6-21)29-24-15-22(38-11-13-40-14-12-38)7-8-23(24)28-25-17-33-37-26(25)9-10-27(28)36-29/h3-6,9-10,16-17,19,22H,7-8,11-15H2,1-2H3,(H,32,34)(H,33,37)(H,35,39). The number of hydrogen-bond donors (Lipinski definition) is 3. The van der Waals surface area contributed by atoms with Crippen molar-refractivity contribution in [1.29, 1.82) is 0 Å². The number of ether oxygens (including phenoxy) is 1. The second kappa shape index (κ2) is 10.1. The van der Waals surface area contributed by atoms with Crippen molar-refractivity contribution in [1.82, 2.24) is 35.4 Å². The van der Waals surface area contributed by atoms with Gasteiger partial charge in [0.1, 0.15) is 5.82 Å². The molecule has 2 unspecified atom stereocenters. The van der Waals surface area contributed by atoms with E-state index in [4.69, 9.17) is 9.72 Å². The number of nitrogens with one attached hydrogen (secondary N) is 3.